The van der Waals surface area contributed by atoms with Crippen LogP contribution < -0.4 is 20.1 Å². The van der Waals surface area contributed by atoms with Gasteiger partial charge in [-0.3, -0.25) is 9.97 Å². The zero-order valence-electron chi connectivity index (χ0n) is 30.3. The molecule has 4 N–H and O–H groups in total. The maximum Gasteiger partial charge on any atom is 0.337 e. The number of carboxylic acid groups (broad SMARTS) is 2. The number of rotatable bonds is 12. The van der Waals surface area contributed by atoms with Crippen molar-refractivity contribution in [2.45, 2.75) is 34.6 Å². The fraction of sp³-hybridized carbons (Fsp3) is 0.163. The second kappa shape index (κ2) is 17.5. The third kappa shape index (κ3) is 9.98. The number of carboxylic acids is 2. The monoisotopic (exact) mass is 710 g/mol. The molecule has 10 heteroatoms. The van der Waals surface area contributed by atoms with E-state index in [1.807, 2.05) is 113 Å². The van der Waals surface area contributed by atoms with Gasteiger partial charge < -0.3 is 30.3 Å². The van der Waals surface area contributed by atoms with Crippen LogP contribution in [0.25, 0.3) is 22.5 Å². The molecule has 0 fully saturated rings. The summed E-state index contributed by atoms with van der Waals surface area (Å²) in [4.78, 5) is 32.0. The predicted octanol–water partition coefficient (Wildman–Crippen LogP) is 10.1. The van der Waals surface area contributed by atoms with Crippen LogP contribution in [0.1, 0.15) is 51.3 Å². The van der Waals surface area contributed by atoms with Crippen molar-refractivity contribution in [2.24, 2.45) is 0 Å². The van der Waals surface area contributed by atoms with Gasteiger partial charge in [-0.15, -0.1) is 0 Å². The first-order chi connectivity index (χ1) is 25.5. The molecule has 0 radical (unpaired) electrons. The Hall–Kier alpha value is -6.68. The molecule has 2 heterocycles. The Labute approximate surface area is 309 Å². The minimum Gasteiger partial charge on any atom is -0.494 e. The third-order valence-corrected chi connectivity index (χ3v) is 8.07. The quantitative estimate of drug-likeness (QED) is 0.0969. The van der Waals surface area contributed by atoms with Crippen molar-refractivity contribution in [3.8, 4) is 34.0 Å². The summed E-state index contributed by atoms with van der Waals surface area (Å²) in [5.74, 6) is -0.312. The Bertz CT molecular complexity index is 2220. The molecular formula is C43H42N4O6. The highest BCUT2D eigenvalue weighted by Gasteiger charge is 2.13. The standard InChI is InChI=1S/C22H22N2O3.C21H20N2O3/c1-4-27-18-7-5-6-16(12-18)21-15(3)11-17(13-23-21)24-20-9-8-14(2)10-19(20)22(25)26;1-3-26-17-6-4-5-15(12-17)19-10-8-16(13-22-19)23-20-9-7-14(2)11-18(20)21(24)25/h5-13,24H,4H2,1-3H3,(H,25,26);4-13,23H,3H2,1-2H3,(H,24,25). The van der Waals surface area contributed by atoms with E-state index >= 15 is 0 Å². The zero-order valence-corrected chi connectivity index (χ0v) is 30.3. The van der Waals surface area contributed by atoms with Gasteiger partial charge in [0.25, 0.3) is 0 Å². The van der Waals surface area contributed by atoms with Crippen LogP contribution in [-0.4, -0.2) is 45.3 Å². The molecule has 4 aromatic carbocycles. The van der Waals surface area contributed by atoms with Crippen molar-refractivity contribution >= 4 is 34.7 Å². The van der Waals surface area contributed by atoms with Crippen LogP contribution in [0.2, 0.25) is 0 Å². The van der Waals surface area contributed by atoms with Crippen molar-refractivity contribution in [2.75, 3.05) is 23.8 Å². The average molecular weight is 711 g/mol. The van der Waals surface area contributed by atoms with Crippen LogP contribution in [0, 0.1) is 20.8 Å². The van der Waals surface area contributed by atoms with E-state index in [0.717, 1.165) is 62.1 Å². The molecule has 0 bridgehead atoms. The number of anilines is 4. The van der Waals surface area contributed by atoms with E-state index in [1.165, 1.54) is 0 Å². The van der Waals surface area contributed by atoms with Gasteiger partial charge in [-0.25, -0.2) is 9.59 Å². The largest absolute Gasteiger partial charge is 0.494 e. The van der Waals surface area contributed by atoms with Gasteiger partial charge in [-0.2, -0.15) is 0 Å². The molecule has 0 aliphatic carbocycles. The number of ether oxygens (including phenoxy) is 2. The molecule has 6 aromatic rings. The minimum absolute atomic E-state index is 0.235. The lowest BCUT2D eigenvalue weighted by molar-refractivity contribution is 0.0687. The number of hydrogen-bond acceptors (Lipinski definition) is 8. The van der Waals surface area contributed by atoms with Gasteiger partial charge in [0.05, 0.1) is 70.9 Å². The van der Waals surface area contributed by atoms with Gasteiger partial charge in [0.1, 0.15) is 11.5 Å². The zero-order chi connectivity index (χ0) is 37.9. The molecule has 0 unspecified atom stereocenters. The molecule has 6 rings (SSSR count). The maximum atomic E-state index is 11.5. The van der Waals surface area contributed by atoms with Gasteiger partial charge in [0.15, 0.2) is 0 Å². The van der Waals surface area contributed by atoms with E-state index in [9.17, 15) is 19.8 Å². The lowest BCUT2D eigenvalue weighted by Crippen LogP contribution is -2.04. The highest BCUT2D eigenvalue weighted by atomic mass is 16.5. The predicted molar refractivity (Wildman–Crippen MR) is 209 cm³/mol. The van der Waals surface area contributed by atoms with E-state index < -0.39 is 11.9 Å². The molecule has 53 heavy (non-hydrogen) atoms. The molecule has 0 aliphatic heterocycles. The first-order valence-electron chi connectivity index (χ1n) is 17.2. The van der Waals surface area contributed by atoms with Crippen molar-refractivity contribution < 1.29 is 29.3 Å². The second-order valence-electron chi connectivity index (χ2n) is 12.2. The van der Waals surface area contributed by atoms with E-state index in [2.05, 4.69) is 20.6 Å². The fourth-order valence-electron chi connectivity index (χ4n) is 5.59. The van der Waals surface area contributed by atoms with E-state index in [4.69, 9.17) is 9.47 Å². The van der Waals surface area contributed by atoms with Crippen LogP contribution in [0.3, 0.4) is 0 Å². The molecule has 0 saturated heterocycles. The first-order valence-corrected chi connectivity index (χ1v) is 17.2. The lowest BCUT2D eigenvalue weighted by Gasteiger charge is -2.13. The summed E-state index contributed by atoms with van der Waals surface area (Å²) >= 11 is 0. The van der Waals surface area contributed by atoms with Gasteiger partial charge in [-0.1, -0.05) is 47.5 Å². The Morgan fingerprint density at radius 2 is 1.13 bits per heavy atom. The average Bonchev–Trinajstić information content (AvgIpc) is 3.14. The normalized spacial score (nSPS) is 10.4. The van der Waals surface area contributed by atoms with Crippen molar-refractivity contribution in [3.05, 3.63) is 143 Å². The highest BCUT2D eigenvalue weighted by Crippen LogP contribution is 2.29. The fourth-order valence-corrected chi connectivity index (χ4v) is 5.59. The summed E-state index contributed by atoms with van der Waals surface area (Å²) in [5, 5.41) is 25.1. The molecule has 0 aliphatic rings. The number of nitrogens with zero attached hydrogens (tertiary/aromatic N) is 2. The number of aromatic nitrogens is 2. The molecule has 10 nitrogen and oxygen atoms in total. The van der Waals surface area contributed by atoms with Crippen LogP contribution in [0.15, 0.2) is 116 Å². The number of hydrogen-bond donors (Lipinski definition) is 4. The molecule has 0 amide bonds. The number of aromatic carboxylic acids is 2. The van der Waals surface area contributed by atoms with Crippen LogP contribution >= 0.6 is 0 Å². The molecular weight excluding hydrogens is 668 g/mol. The van der Waals surface area contributed by atoms with Crippen LogP contribution in [0.4, 0.5) is 22.7 Å². The summed E-state index contributed by atoms with van der Waals surface area (Å²) < 4.78 is 11.1. The Morgan fingerprint density at radius 1 is 0.604 bits per heavy atom. The number of pyridine rings is 2. The molecule has 270 valence electrons. The number of aryl methyl sites for hydroxylation is 3. The Balaban J connectivity index is 0.000000204. The number of benzene rings is 4. The van der Waals surface area contributed by atoms with Crippen molar-refractivity contribution in [3.63, 3.8) is 0 Å². The van der Waals surface area contributed by atoms with Gasteiger partial charge in [0, 0.05) is 11.1 Å². The van der Waals surface area contributed by atoms with E-state index in [1.54, 1.807) is 36.7 Å². The van der Waals surface area contributed by atoms with Crippen LogP contribution in [-0.2, 0) is 0 Å². The minimum atomic E-state index is -0.964. The van der Waals surface area contributed by atoms with Crippen molar-refractivity contribution in [1.29, 1.82) is 0 Å². The van der Waals surface area contributed by atoms with E-state index in [-0.39, 0.29) is 11.1 Å². The van der Waals surface area contributed by atoms with E-state index in [0.29, 0.717) is 24.6 Å². The highest BCUT2D eigenvalue weighted by molar-refractivity contribution is 5.96. The number of carbonyl (C=O) groups is 2. The third-order valence-electron chi connectivity index (χ3n) is 8.07. The summed E-state index contributed by atoms with van der Waals surface area (Å²) in [7, 11) is 0. The van der Waals surface area contributed by atoms with Gasteiger partial charge in [0.2, 0.25) is 0 Å². The molecule has 0 spiro atoms. The Morgan fingerprint density at radius 3 is 1.64 bits per heavy atom. The number of nitrogens with one attached hydrogen (secondary N) is 2. The van der Waals surface area contributed by atoms with Gasteiger partial charge in [-0.05, 0) is 107 Å². The maximum absolute atomic E-state index is 11.5. The summed E-state index contributed by atoms with van der Waals surface area (Å²) in [6.45, 7) is 10.8. The molecule has 2 aromatic heterocycles. The first kappa shape index (κ1) is 37.6. The topological polar surface area (TPSA) is 143 Å². The summed E-state index contributed by atoms with van der Waals surface area (Å²) in [6.07, 6.45) is 3.40. The van der Waals surface area contributed by atoms with Gasteiger partial charge >= 0.3 is 11.9 Å². The Kier molecular flexibility index (Phi) is 12.4. The summed E-state index contributed by atoms with van der Waals surface area (Å²) in [5.41, 5.74) is 9.42. The molecule has 0 atom stereocenters. The summed E-state index contributed by atoms with van der Waals surface area (Å²) in [6, 6.07) is 31.9. The second-order valence-corrected chi connectivity index (χ2v) is 12.2. The molecule has 0 saturated carbocycles. The van der Waals surface area contributed by atoms with Crippen LogP contribution in [0.5, 0.6) is 11.5 Å². The smallest absolute Gasteiger partial charge is 0.337 e. The van der Waals surface area contributed by atoms with Crippen molar-refractivity contribution in [1.82, 2.24) is 9.97 Å². The SMILES string of the molecule is CCOc1cccc(-c2ccc(Nc3ccc(C)cc3C(=O)O)cn2)c1.CCOc1cccc(-c2ncc(Nc3ccc(C)cc3C(=O)O)cc2C)c1. The lowest BCUT2D eigenvalue weighted by atomic mass is 10.1.